The zero-order valence-electron chi connectivity index (χ0n) is 29.7. The topological polar surface area (TPSA) is 253 Å². The van der Waals surface area contributed by atoms with Gasteiger partial charge in [-0.05, 0) is 34.3 Å². The van der Waals surface area contributed by atoms with Crippen LogP contribution in [0, 0.1) is 0 Å². The van der Waals surface area contributed by atoms with Gasteiger partial charge in [0.25, 0.3) is 0 Å². The Morgan fingerprint density at radius 2 is 1.43 bits per heavy atom. The van der Waals surface area contributed by atoms with Gasteiger partial charge in [0.05, 0.1) is 19.4 Å². The number of aliphatic carboxylic acids is 2. The van der Waals surface area contributed by atoms with Crippen molar-refractivity contribution in [2.24, 2.45) is 11.5 Å². The maximum atomic E-state index is 12.4. The van der Waals surface area contributed by atoms with Crippen LogP contribution in [0.1, 0.15) is 12.8 Å². The Labute approximate surface area is 400 Å². The Bertz CT molecular complexity index is 1170. The van der Waals surface area contributed by atoms with E-state index in [1.54, 1.807) is 45.5 Å². The van der Waals surface area contributed by atoms with E-state index in [1.807, 2.05) is 18.2 Å². The number of hydrogen-bond donors (Lipinski definition) is 6. The molecule has 15 nitrogen and oxygen atoms in total. The summed E-state index contributed by atoms with van der Waals surface area (Å²) in [5, 5.41) is 17.5. The molecule has 1 aromatic rings. The van der Waals surface area contributed by atoms with Crippen LogP contribution in [0.5, 0.6) is 0 Å². The molecule has 2 atom stereocenters. The van der Waals surface area contributed by atoms with Gasteiger partial charge in [-0.3, -0.25) is 18.9 Å². The van der Waals surface area contributed by atoms with Gasteiger partial charge in [-0.15, -0.1) is 33.4 Å². The van der Waals surface area contributed by atoms with E-state index >= 15 is 0 Å². The second-order valence-electron chi connectivity index (χ2n) is 10.7. The number of carboxylic acids is 2. The van der Waals surface area contributed by atoms with E-state index in [2.05, 4.69) is 88.5 Å². The Morgan fingerprint density at radius 3 is 1.72 bits per heavy atom. The van der Waals surface area contributed by atoms with Crippen molar-refractivity contribution >= 4 is 181 Å². The minimum Gasteiger partial charge on any atom is -0.481 e. The van der Waals surface area contributed by atoms with Gasteiger partial charge < -0.3 is 30.8 Å². The van der Waals surface area contributed by atoms with E-state index in [9.17, 15) is 36.7 Å². The SMILES string of the molecule is C[Si](C)(C)N(C(=O)C(F)(F)F)[Si](C)(C)C.I.II.I[I-]I.NCCOP(=O)(O)SCCC(=O)O.NCCO[P+](=O)O.O=C(O)CCSSc1ccccn1. The standard InChI is InChI=1S/C8H18F3NOSi2.C8H9NO2S2.C5H12NO5PS.C2H6NO3P.I3.I2.HI/c1-14(2,3)12(15(4,5)6)7(13)8(9,10)11;10-8(11)4-6-12-13-7-3-1-2-5-9-7;6-2-3-11-12(9,10)13-4-1-5(7)8;3-1-2-6-7(4)5;1-3-2;1-2;/h1-6H3;1-3,5H,4,6H2,(H,10,11);1-4,6H2,(H,7,8)(H,9,10);1-3H2;;;1H/q;;;;-1;;/p+1. The molecule has 0 bridgehead atoms. The molecule has 324 valence electrons. The summed E-state index contributed by atoms with van der Waals surface area (Å²) >= 11 is 10.1. The number of carbonyl (C=O) groups is 3. The number of alkyl halides is 3. The number of aromatic nitrogens is 1. The first-order valence-corrected chi connectivity index (χ1v) is 46.5. The number of rotatable bonds is 17. The summed E-state index contributed by atoms with van der Waals surface area (Å²) in [7, 11) is -3.96. The minimum atomic E-state index is -4.75. The van der Waals surface area contributed by atoms with Gasteiger partial charge in [-0.25, -0.2) is 9.55 Å². The molecule has 0 fully saturated rings. The number of carboxylic acid groups (broad SMARTS) is 2. The molecule has 0 saturated heterocycles. The van der Waals surface area contributed by atoms with Crippen molar-refractivity contribution in [2.45, 2.75) is 63.3 Å². The third-order valence-corrected chi connectivity index (χ3v) is 17.1. The van der Waals surface area contributed by atoms with Gasteiger partial charge in [-0.1, -0.05) is 56.1 Å². The van der Waals surface area contributed by atoms with Crippen molar-refractivity contribution in [1.29, 1.82) is 0 Å². The van der Waals surface area contributed by atoms with Crippen molar-refractivity contribution in [3.05, 3.63) is 24.4 Å². The van der Waals surface area contributed by atoms with Gasteiger partial charge >= 0.3 is 89.6 Å². The first-order chi connectivity index (χ1) is 24.2. The molecule has 0 spiro atoms. The average Bonchev–Trinajstić information content (AvgIpc) is 3.02. The molecule has 0 radical (unpaired) electrons. The number of halogens is 9. The van der Waals surface area contributed by atoms with Gasteiger partial charge in [0.15, 0.2) is 0 Å². The quantitative estimate of drug-likeness (QED) is 0.0325. The Kier molecular flexibility index (Phi) is 53.2. The number of amides is 1. The first-order valence-electron chi connectivity index (χ1n) is 14.1. The molecule has 1 heterocycles. The fourth-order valence-electron chi connectivity index (χ4n) is 2.95. The normalized spacial score (nSPS) is 11.9. The molecule has 0 aliphatic heterocycles. The molecule has 0 saturated carbocycles. The molecular weight excluding hydrogens is 1540 g/mol. The van der Waals surface area contributed by atoms with E-state index in [0.29, 0.717) is 30.4 Å². The smallest absolute Gasteiger partial charge is 0.481 e. The Morgan fingerprint density at radius 1 is 0.981 bits per heavy atom. The summed E-state index contributed by atoms with van der Waals surface area (Å²) in [4.78, 5) is 52.6. The summed E-state index contributed by atoms with van der Waals surface area (Å²) in [6.07, 6.45) is -2.99. The zero-order chi connectivity index (χ0) is 42.9. The van der Waals surface area contributed by atoms with Crippen LogP contribution in [0.2, 0.25) is 39.3 Å². The maximum Gasteiger partial charge on any atom is 0.694 e. The van der Waals surface area contributed by atoms with E-state index in [4.69, 9.17) is 31.5 Å². The van der Waals surface area contributed by atoms with Crippen LogP contribution >= 0.6 is 146 Å². The van der Waals surface area contributed by atoms with Crippen LogP contribution in [-0.4, -0.2) is 108 Å². The molecule has 2 unspecified atom stereocenters. The van der Waals surface area contributed by atoms with E-state index in [1.165, 1.54) is 21.6 Å². The summed E-state index contributed by atoms with van der Waals surface area (Å²) < 4.78 is 67.7. The van der Waals surface area contributed by atoms with Crippen LogP contribution in [0.3, 0.4) is 0 Å². The van der Waals surface area contributed by atoms with Gasteiger partial charge in [-0.2, -0.15) is 13.2 Å². The number of pyridine rings is 1. The molecular formula is C23H47F3I6N4O11P2S3Si2. The van der Waals surface area contributed by atoms with Crippen molar-refractivity contribution in [1.82, 2.24) is 9.22 Å². The van der Waals surface area contributed by atoms with Crippen molar-refractivity contribution < 1.29 is 79.0 Å². The largest absolute Gasteiger partial charge is 0.694 e. The zero-order valence-corrected chi connectivity index (χ0v) is 49.1. The molecule has 1 rings (SSSR count). The first kappa shape index (κ1) is 69.0. The minimum absolute atomic E-state index is 0. The van der Waals surface area contributed by atoms with Gasteiger partial charge in [0, 0.05) is 72.6 Å². The fraction of sp³-hybridized carbons (Fsp3) is 0.652. The number of carbonyl (C=O) groups excluding carboxylic acids is 1. The average molecular weight is 1590 g/mol. The predicted octanol–water partition coefficient (Wildman–Crippen LogP) is 6.39. The van der Waals surface area contributed by atoms with Crippen LogP contribution in [0.4, 0.5) is 13.2 Å². The predicted molar refractivity (Wildman–Crippen MR) is 260 cm³/mol. The molecule has 0 aliphatic carbocycles. The van der Waals surface area contributed by atoms with E-state index in [-0.39, 0.29) is 68.9 Å². The van der Waals surface area contributed by atoms with Crippen LogP contribution in [-0.2, 0) is 32.6 Å². The van der Waals surface area contributed by atoms with Crippen molar-refractivity contribution in [2.75, 3.05) is 37.8 Å². The van der Waals surface area contributed by atoms with E-state index in [0.717, 1.165) is 9.26 Å². The van der Waals surface area contributed by atoms with Crippen molar-refractivity contribution in [3.8, 4) is 0 Å². The number of nitrogens with two attached hydrogens (primary N) is 2. The maximum absolute atomic E-state index is 12.4. The van der Waals surface area contributed by atoms with Crippen LogP contribution in [0.25, 0.3) is 0 Å². The molecule has 8 N–H and O–H groups in total. The Balaban J connectivity index is -0.000000139. The number of hydrogen-bond acceptors (Lipinski definition) is 13. The monoisotopic (exact) mass is 1590 g/mol. The Hall–Kier alpha value is 3.30. The van der Waals surface area contributed by atoms with Crippen LogP contribution < -0.4 is 24.7 Å². The van der Waals surface area contributed by atoms with Crippen LogP contribution in [0.15, 0.2) is 29.4 Å². The number of nitrogens with zero attached hydrogens (tertiary/aromatic N) is 2. The molecule has 1 aromatic heterocycles. The summed E-state index contributed by atoms with van der Waals surface area (Å²) in [5.74, 6) is -2.77. The van der Waals surface area contributed by atoms with Gasteiger partial charge in [0.1, 0.15) is 28.1 Å². The third-order valence-electron chi connectivity index (χ3n) is 4.23. The van der Waals surface area contributed by atoms with Gasteiger partial charge in [0.2, 0.25) is 0 Å². The fourth-order valence-corrected chi connectivity index (χ4v) is 16.9. The molecule has 0 aliphatic rings. The molecule has 31 heteroatoms. The third kappa shape index (κ3) is 51.4. The summed E-state index contributed by atoms with van der Waals surface area (Å²) in [6.45, 7) is 7.44. The molecule has 54 heavy (non-hydrogen) atoms. The second kappa shape index (κ2) is 41.6. The van der Waals surface area contributed by atoms with E-state index < -0.39 is 55.5 Å². The molecule has 0 aromatic carbocycles. The van der Waals surface area contributed by atoms with Crippen molar-refractivity contribution in [3.63, 3.8) is 0 Å². The summed E-state index contributed by atoms with van der Waals surface area (Å²) in [5.41, 5.74) is 9.96. The summed E-state index contributed by atoms with van der Waals surface area (Å²) in [6, 6.07) is 5.66. The molecule has 1 amide bonds. The second-order valence-corrected chi connectivity index (χ2v) is 44.1.